The van der Waals surface area contributed by atoms with Crippen molar-refractivity contribution in [2.24, 2.45) is 28.6 Å². The highest BCUT2D eigenvalue weighted by atomic mass is 35.5. The van der Waals surface area contributed by atoms with Gasteiger partial charge in [0, 0.05) is 22.2 Å². The summed E-state index contributed by atoms with van der Waals surface area (Å²) in [4.78, 5) is 20.4. The topological polar surface area (TPSA) is 138 Å². The Morgan fingerprint density at radius 1 is 0.500 bits per heavy atom. The van der Waals surface area contributed by atoms with E-state index in [4.69, 9.17) is 71.1 Å². The van der Waals surface area contributed by atoms with E-state index >= 15 is 0 Å². The molecule has 12 aromatic rings. The first-order chi connectivity index (χ1) is 46.2. The van der Waals surface area contributed by atoms with Gasteiger partial charge in [0.1, 0.15) is 46.2 Å². The number of phenols is 1. The Labute approximate surface area is 582 Å². The number of benzene rings is 8. The van der Waals surface area contributed by atoms with Crippen LogP contribution in [0.2, 0.25) is 20.1 Å². The van der Waals surface area contributed by atoms with Crippen molar-refractivity contribution in [2.45, 2.75) is 81.1 Å². The Kier molecular flexibility index (Phi) is 19.7. The Morgan fingerprint density at radius 3 is 1.23 bits per heavy atom. The maximum atomic E-state index is 12.5. The molecule has 3 unspecified atom stereocenters. The van der Waals surface area contributed by atoms with Crippen LogP contribution in [0.25, 0.3) is 66.5 Å². The van der Waals surface area contributed by atoms with E-state index in [1.165, 1.54) is 0 Å². The van der Waals surface area contributed by atoms with E-state index in [2.05, 4.69) is 137 Å². The Hall–Kier alpha value is -9.13. The Morgan fingerprint density at radius 2 is 0.865 bits per heavy atom. The summed E-state index contributed by atoms with van der Waals surface area (Å²) >= 11 is 26.8. The molecule has 12 rings (SSSR count). The predicted octanol–water partition coefficient (Wildman–Crippen LogP) is 16.7. The maximum Gasteiger partial charge on any atom is 0.328 e. The fourth-order valence-corrected chi connectivity index (χ4v) is 14.7. The number of fused-ring (bicyclic) bond motifs is 3. The molecule has 0 radical (unpaired) electrons. The second-order valence-corrected chi connectivity index (χ2v) is 29.3. The van der Waals surface area contributed by atoms with Crippen LogP contribution in [-0.2, 0) is 0 Å². The zero-order valence-electron chi connectivity index (χ0n) is 55.0. The van der Waals surface area contributed by atoms with Crippen molar-refractivity contribution >= 4 is 126 Å². The van der Waals surface area contributed by atoms with Gasteiger partial charge in [-0.05, 0) is 132 Å². The average Bonchev–Trinajstić information content (AvgIpc) is 1.52. The van der Waals surface area contributed by atoms with Crippen LogP contribution < -0.4 is 37.3 Å². The van der Waals surface area contributed by atoms with E-state index in [9.17, 15) is 15.6 Å². The molecule has 0 aliphatic heterocycles. The van der Waals surface area contributed by atoms with Crippen LogP contribution >= 0.6 is 46.4 Å². The SMILES string of the molecule is CC(CCC(COc1ccc(-c2c3/c(=C(\C#N)c4cnc5cc(Cl)c(Cl)cc5n4)n(B(c4ccccc4)c4ccccc4)c(-c4ccc(O)cc4)c3/c(=C(\C#N)c3cnc4cc(Cl)c(Cl)cc4n3)n2B(c2ccccc2)c2ccccc2)cc1)C(C)CC(C)(C)C)CC(C)(C)C. The van der Waals surface area contributed by atoms with Gasteiger partial charge in [0.25, 0.3) is 0 Å². The van der Waals surface area contributed by atoms with Crippen molar-refractivity contribution in [2.75, 3.05) is 6.61 Å². The number of hydrogen-bond donors (Lipinski definition) is 1. The molecule has 0 aliphatic carbocycles. The second-order valence-electron chi connectivity index (χ2n) is 27.7. The van der Waals surface area contributed by atoms with Gasteiger partial charge in [-0.2, -0.15) is 10.5 Å². The molecule has 1 N–H and O–H groups in total. The van der Waals surface area contributed by atoms with Gasteiger partial charge in [-0.25, -0.2) is 9.97 Å². The summed E-state index contributed by atoms with van der Waals surface area (Å²) in [5.41, 5.74) is 9.16. The first-order valence-corrected chi connectivity index (χ1v) is 34.0. The number of nitrogens with zero attached hydrogens (tertiary/aromatic N) is 8. The lowest BCUT2D eigenvalue weighted by Gasteiger charge is -2.31. The quantitative estimate of drug-likeness (QED) is 0.0790. The van der Waals surface area contributed by atoms with E-state index in [0.717, 1.165) is 53.1 Å². The molecular formula is C80H72B2Cl4N8O2. The molecule has 4 aromatic heterocycles. The first kappa shape index (κ1) is 66.9. The number of rotatable bonds is 19. The zero-order valence-corrected chi connectivity index (χ0v) is 58.0. The average molecular weight is 1340 g/mol. The van der Waals surface area contributed by atoms with Gasteiger partial charge in [-0.1, -0.05) is 251 Å². The maximum absolute atomic E-state index is 12.5. The summed E-state index contributed by atoms with van der Waals surface area (Å²) in [6, 6.07) is 68.2. The van der Waals surface area contributed by atoms with Gasteiger partial charge in [-0.3, -0.25) is 9.97 Å². The van der Waals surface area contributed by atoms with Crippen LogP contribution in [0.3, 0.4) is 0 Å². The zero-order chi connectivity index (χ0) is 67.6. The van der Waals surface area contributed by atoms with Crippen LogP contribution in [0.4, 0.5) is 0 Å². The smallest absolute Gasteiger partial charge is 0.328 e. The van der Waals surface area contributed by atoms with Crippen LogP contribution in [0.1, 0.15) is 92.5 Å². The highest BCUT2D eigenvalue weighted by Gasteiger charge is 2.38. The minimum Gasteiger partial charge on any atom is -0.508 e. The van der Waals surface area contributed by atoms with Crippen molar-refractivity contribution < 1.29 is 9.84 Å². The molecule has 0 saturated heterocycles. The molecular weight excluding hydrogens is 1270 g/mol. The van der Waals surface area contributed by atoms with Gasteiger partial charge in [0.2, 0.25) is 0 Å². The number of phenolic OH excluding ortho intramolecular Hbond substituents is 1. The lowest BCUT2D eigenvalue weighted by Crippen LogP contribution is -2.54. The van der Waals surface area contributed by atoms with Crippen LogP contribution in [0, 0.1) is 51.2 Å². The second kappa shape index (κ2) is 28.3. The molecule has 0 spiro atoms. The lowest BCUT2D eigenvalue weighted by molar-refractivity contribution is 0.147. The third-order valence-corrected chi connectivity index (χ3v) is 19.4. The van der Waals surface area contributed by atoms with E-state index in [1.807, 2.05) is 97.1 Å². The first-order valence-electron chi connectivity index (χ1n) is 32.5. The lowest BCUT2D eigenvalue weighted by atomic mass is 9.50. The van der Waals surface area contributed by atoms with E-state index in [1.54, 1.807) is 48.8 Å². The minimum atomic E-state index is -0.685. The molecule has 0 bridgehead atoms. The molecule has 0 saturated carbocycles. The highest BCUT2D eigenvalue weighted by molar-refractivity contribution is 6.85. The fourth-order valence-electron chi connectivity index (χ4n) is 14.1. The van der Waals surface area contributed by atoms with Gasteiger partial charge in [0.15, 0.2) is 0 Å². The highest BCUT2D eigenvalue weighted by Crippen LogP contribution is 2.40. The van der Waals surface area contributed by atoms with Crippen LogP contribution in [0.15, 0.2) is 207 Å². The molecule has 0 aliphatic rings. The molecule has 8 aromatic carbocycles. The van der Waals surface area contributed by atoms with Crippen LogP contribution in [-0.4, -0.2) is 54.3 Å². The fraction of sp³-hybridized carbons (Fsp3) is 0.225. The number of nitriles is 2. The number of hydrogen-bond acceptors (Lipinski definition) is 8. The molecule has 16 heteroatoms. The normalized spacial score (nSPS) is 13.4. The summed E-state index contributed by atoms with van der Waals surface area (Å²) in [5, 5.41) is 39.5. The molecule has 478 valence electrons. The predicted molar refractivity (Wildman–Crippen MR) is 398 cm³/mol. The number of ether oxygens (including phenoxy) is 1. The molecule has 0 fully saturated rings. The monoisotopic (exact) mass is 1340 g/mol. The van der Waals surface area contributed by atoms with Gasteiger partial charge < -0.3 is 18.8 Å². The minimum absolute atomic E-state index is 0.0408. The van der Waals surface area contributed by atoms with E-state index in [0.29, 0.717) is 101 Å². The largest absolute Gasteiger partial charge is 0.508 e. The van der Waals surface area contributed by atoms with Gasteiger partial charge in [-0.15, -0.1) is 0 Å². The third kappa shape index (κ3) is 14.2. The Balaban J connectivity index is 1.29. The summed E-state index contributed by atoms with van der Waals surface area (Å²) < 4.78 is 11.5. The molecule has 0 amide bonds. The van der Waals surface area contributed by atoms with Crippen molar-refractivity contribution in [3.05, 3.63) is 249 Å². The third-order valence-electron chi connectivity index (χ3n) is 18.0. The van der Waals surface area contributed by atoms with Gasteiger partial charge in [0.05, 0.1) is 71.9 Å². The summed E-state index contributed by atoms with van der Waals surface area (Å²) in [6.07, 6.45) is 7.54. The molecule has 3 atom stereocenters. The number of halogens is 4. The molecule has 10 nitrogen and oxygen atoms in total. The van der Waals surface area contributed by atoms with Crippen LogP contribution in [0.5, 0.6) is 11.5 Å². The summed E-state index contributed by atoms with van der Waals surface area (Å²) in [7, 11) is 0. The Bertz CT molecular complexity index is 4850. The van der Waals surface area contributed by atoms with E-state index in [-0.39, 0.29) is 49.2 Å². The standard InChI is InChI=1S/C80H72B2Cl4N8O2/c1-50(43-79(3,4)5)29-30-54(51(2)44-80(6,7)8)49-96-60-37-33-53(34-38-60)76-74-73(77(61(45-87)71-47-89-67-39-63(83)65(85)41-69(67)91-71)94(76)82(57-25-17-11-18-26-57)58-27-19-12-20-28-58)75(52-31-35-59(95)36-32-52)93(81(55-21-13-9-14-22-55)56-23-15-10-16-24-56)78(74)62(46-88)72-48-90-68-40-64(84)66(86)42-70(68)92-72/h9-28,31-42,47-48,50-51,54,95H,29-30,43-44,49H2,1-8H3/b77-61-,78-62-. The number of aromatic hydroxyl groups is 1. The summed E-state index contributed by atoms with van der Waals surface area (Å²) in [5.74, 6) is 1.99. The van der Waals surface area contributed by atoms with Gasteiger partial charge >= 0.3 is 13.7 Å². The molecule has 4 heterocycles. The van der Waals surface area contributed by atoms with Crippen molar-refractivity contribution in [3.63, 3.8) is 0 Å². The number of aromatic nitrogens is 6. The molecule has 96 heavy (non-hydrogen) atoms. The van der Waals surface area contributed by atoms with Crippen molar-refractivity contribution in [3.8, 4) is 46.2 Å². The van der Waals surface area contributed by atoms with E-state index < -0.39 is 13.7 Å². The van der Waals surface area contributed by atoms with Crippen molar-refractivity contribution in [1.82, 2.24) is 28.9 Å². The summed E-state index contributed by atoms with van der Waals surface area (Å²) in [6.45, 7) is 17.8. The van der Waals surface area contributed by atoms with Crippen molar-refractivity contribution in [1.29, 1.82) is 10.5 Å².